The van der Waals surface area contributed by atoms with Crippen molar-refractivity contribution in [2.45, 2.75) is 31.8 Å². The van der Waals surface area contributed by atoms with Crippen molar-refractivity contribution < 1.29 is 14.3 Å². The number of nitrogens with zero attached hydrogens (tertiary/aromatic N) is 1. The summed E-state index contributed by atoms with van der Waals surface area (Å²) in [5.74, 6) is 2.44. The number of hydrogen-bond acceptors (Lipinski definition) is 3. The third-order valence-electron chi connectivity index (χ3n) is 5.74. The van der Waals surface area contributed by atoms with Gasteiger partial charge in [-0.15, -0.1) is 0 Å². The summed E-state index contributed by atoms with van der Waals surface area (Å²) in [4.78, 5) is 15.2. The molecular formula is C22H24ClNO3. The van der Waals surface area contributed by atoms with Gasteiger partial charge in [-0.05, 0) is 55.0 Å². The Hall–Kier alpha value is -2.20. The summed E-state index contributed by atoms with van der Waals surface area (Å²) in [6.45, 7) is 0.588. The molecule has 1 saturated carbocycles. The van der Waals surface area contributed by atoms with E-state index in [-0.39, 0.29) is 11.8 Å². The Balaban J connectivity index is 1.51. The van der Waals surface area contributed by atoms with Crippen molar-refractivity contribution >= 4 is 17.5 Å². The van der Waals surface area contributed by atoms with Gasteiger partial charge >= 0.3 is 0 Å². The molecule has 4 nitrogen and oxygen atoms in total. The van der Waals surface area contributed by atoms with Gasteiger partial charge in [-0.1, -0.05) is 23.7 Å². The van der Waals surface area contributed by atoms with Crippen molar-refractivity contribution in [2.24, 2.45) is 11.8 Å². The van der Waals surface area contributed by atoms with Crippen LogP contribution in [0.4, 0.5) is 0 Å². The highest BCUT2D eigenvalue weighted by molar-refractivity contribution is 6.30. The highest BCUT2D eigenvalue weighted by Crippen LogP contribution is 2.47. The standard InChI is InChI=1S/C22H24ClNO3/c1-26-19-8-5-15(21(12-19)27-2)13-24-20-11-16(20)10-17(22(24)25)9-14-3-6-18(23)7-4-14/h3-8,12,16-17,20H,9-11,13H2,1-2H3. The van der Waals surface area contributed by atoms with Gasteiger partial charge < -0.3 is 14.4 Å². The fourth-order valence-electron chi connectivity index (χ4n) is 4.17. The van der Waals surface area contributed by atoms with Crippen LogP contribution < -0.4 is 9.47 Å². The van der Waals surface area contributed by atoms with E-state index >= 15 is 0 Å². The van der Waals surface area contributed by atoms with E-state index in [4.69, 9.17) is 21.1 Å². The average Bonchev–Trinajstić information content (AvgIpc) is 3.46. The minimum absolute atomic E-state index is 0.0409. The van der Waals surface area contributed by atoms with Crippen molar-refractivity contribution in [3.63, 3.8) is 0 Å². The first kappa shape index (κ1) is 18.2. The van der Waals surface area contributed by atoms with Crippen LogP contribution in [0.5, 0.6) is 11.5 Å². The molecule has 0 aromatic heterocycles. The van der Waals surface area contributed by atoms with Crippen LogP contribution in [0.2, 0.25) is 5.02 Å². The van der Waals surface area contributed by atoms with Crippen molar-refractivity contribution in [1.29, 1.82) is 0 Å². The van der Waals surface area contributed by atoms with Crippen LogP contribution in [0.25, 0.3) is 0 Å². The summed E-state index contributed by atoms with van der Waals surface area (Å²) >= 11 is 5.98. The Morgan fingerprint density at radius 2 is 1.85 bits per heavy atom. The van der Waals surface area contributed by atoms with Gasteiger partial charge in [0.25, 0.3) is 0 Å². The molecule has 4 rings (SSSR count). The number of piperidine rings is 1. The zero-order valence-electron chi connectivity index (χ0n) is 15.7. The van der Waals surface area contributed by atoms with Crippen LogP contribution >= 0.6 is 11.6 Å². The smallest absolute Gasteiger partial charge is 0.226 e. The van der Waals surface area contributed by atoms with E-state index in [1.54, 1.807) is 14.2 Å². The normalized spacial score (nSPS) is 23.7. The maximum Gasteiger partial charge on any atom is 0.226 e. The highest BCUT2D eigenvalue weighted by Gasteiger charge is 2.51. The lowest BCUT2D eigenvalue weighted by Gasteiger charge is -2.32. The van der Waals surface area contributed by atoms with Gasteiger partial charge in [0.05, 0.1) is 14.2 Å². The number of likely N-dealkylation sites (tertiary alicyclic amines) is 1. The number of carbonyl (C=O) groups is 1. The number of carbonyl (C=O) groups excluding carboxylic acids is 1. The summed E-state index contributed by atoms with van der Waals surface area (Å²) in [5, 5.41) is 0.726. The number of rotatable bonds is 6. The zero-order valence-corrected chi connectivity index (χ0v) is 16.4. The lowest BCUT2D eigenvalue weighted by Crippen LogP contribution is -2.42. The second-order valence-electron chi connectivity index (χ2n) is 7.47. The number of benzene rings is 2. The molecule has 1 aliphatic carbocycles. The summed E-state index contributed by atoms with van der Waals surface area (Å²) in [7, 11) is 3.29. The summed E-state index contributed by atoms with van der Waals surface area (Å²) < 4.78 is 10.8. The third kappa shape index (κ3) is 3.77. The van der Waals surface area contributed by atoms with Crippen molar-refractivity contribution in [2.75, 3.05) is 14.2 Å². The number of ether oxygens (including phenoxy) is 2. The van der Waals surface area contributed by atoms with Gasteiger partial charge in [-0.2, -0.15) is 0 Å². The molecule has 0 bridgehead atoms. The average molecular weight is 386 g/mol. The van der Waals surface area contributed by atoms with E-state index in [0.717, 1.165) is 41.3 Å². The number of halogens is 1. The van der Waals surface area contributed by atoms with E-state index in [2.05, 4.69) is 4.90 Å². The molecule has 2 aromatic carbocycles. The lowest BCUT2D eigenvalue weighted by molar-refractivity contribution is -0.139. The van der Waals surface area contributed by atoms with E-state index in [1.165, 1.54) is 5.56 Å². The van der Waals surface area contributed by atoms with Crippen LogP contribution in [-0.2, 0) is 17.8 Å². The molecule has 0 spiro atoms. The molecule has 2 aliphatic rings. The molecule has 27 heavy (non-hydrogen) atoms. The Bertz CT molecular complexity index is 836. The van der Waals surface area contributed by atoms with E-state index in [9.17, 15) is 4.79 Å². The topological polar surface area (TPSA) is 38.8 Å². The molecule has 5 heteroatoms. The Morgan fingerprint density at radius 3 is 2.56 bits per heavy atom. The summed E-state index contributed by atoms with van der Waals surface area (Å²) in [6.07, 6.45) is 2.87. The first-order chi connectivity index (χ1) is 13.1. The van der Waals surface area contributed by atoms with Gasteiger partial charge in [0.2, 0.25) is 5.91 Å². The summed E-state index contributed by atoms with van der Waals surface area (Å²) in [5.41, 5.74) is 2.18. The van der Waals surface area contributed by atoms with Crippen LogP contribution in [0.1, 0.15) is 24.0 Å². The SMILES string of the molecule is COc1ccc(CN2C(=O)C(Cc3ccc(Cl)cc3)CC3CC32)c(OC)c1. The van der Waals surface area contributed by atoms with Crippen molar-refractivity contribution in [3.8, 4) is 11.5 Å². The molecule has 1 heterocycles. The highest BCUT2D eigenvalue weighted by atomic mass is 35.5. The quantitative estimate of drug-likeness (QED) is 0.742. The molecule has 3 atom stereocenters. The van der Waals surface area contributed by atoms with Gasteiger partial charge in [0, 0.05) is 35.2 Å². The van der Waals surface area contributed by atoms with Gasteiger partial charge in [0.15, 0.2) is 0 Å². The fraction of sp³-hybridized carbons (Fsp3) is 0.409. The van der Waals surface area contributed by atoms with Crippen molar-refractivity contribution in [3.05, 3.63) is 58.6 Å². The predicted octanol–water partition coefficient (Wildman–Crippen LogP) is 4.34. The first-order valence-electron chi connectivity index (χ1n) is 9.35. The zero-order chi connectivity index (χ0) is 19.0. The maximum atomic E-state index is 13.2. The van der Waals surface area contributed by atoms with E-state index in [1.807, 2.05) is 42.5 Å². The first-order valence-corrected chi connectivity index (χ1v) is 9.72. The summed E-state index contributed by atoms with van der Waals surface area (Å²) in [6, 6.07) is 14.0. The molecule has 142 valence electrons. The molecule has 2 aromatic rings. The van der Waals surface area contributed by atoms with Crippen LogP contribution in [0, 0.1) is 11.8 Å². The monoisotopic (exact) mass is 385 g/mol. The molecule has 3 unspecified atom stereocenters. The second-order valence-corrected chi connectivity index (χ2v) is 7.91. The Labute approximate surface area is 165 Å². The number of fused-ring (bicyclic) bond motifs is 1. The van der Waals surface area contributed by atoms with Crippen LogP contribution in [0.3, 0.4) is 0 Å². The Morgan fingerprint density at radius 1 is 1.07 bits per heavy atom. The second kappa shape index (κ2) is 7.43. The molecule has 1 amide bonds. The van der Waals surface area contributed by atoms with Crippen molar-refractivity contribution in [1.82, 2.24) is 4.90 Å². The molecule has 0 radical (unpaired) electrons. The lowest BCUT2D eigenvalue weighted by atomic mass is 9.90. The minimum atomic E-state index is 0.0409. The number of amides is 1. The van der Waals surface area contributed by atoms with E-state index in [0.29, 0.717) is 18.5 Å². The molecule has 1 saturated heterocycles. The fourth-order valence-corrected chi connectivity index (χ4v) is 4.29. The third-order valence-corrected chi connectivity index (χ3v) is 5.99. The molecule has 0 N–H and O–H groups in total. The molecule has 2 fully saturated rings. The molecule has 1 aliphatic heterocycles. The van der Waals surface area contributed by atoms with Crippen LogP contribution in [0.15, 0.2) is 42.5 Å². The van der Waals surface area contributed by atoms with Gasteiger partial charge in [-0.25, -0.2) is 0 Å². The number of hydrogen-bond donors (Lipinski definition) is 0. The minimum Gasteiger partial charge on any atom is -0.497 e. The maximum absolute atomic E-state index is 13.2. The number of methoxy groups -OCH3 is 2. The molecular weight excluding hydrogens is 362 g/mol. The van der Waals surface area contributed by atoms with Gasteiger partial charge in [0.1, 0.15) is 11.5 Å². The van der Waals surface area contributed by atoms with E-state index < -0.39 is 0 Å². The Kier molecular flexibility index (Phi) is 5.00. The van der Waals surface area contributed by atoms with Crippen LogP contribution in [-0.4, -0.2) is 31.1 Å². The van der Waals surface area contributed by atoms with Gasteiger partial charge in [-0.3, -0.25) is 4.79 Å². The largest absolute Gasteiger partial charge is 0.497 e. The predicted molar refractivity (Wildman–Crippen MR) is 105 cm³/mol.